The zero-order chi connectivity index (χ0) is 45.0. The zero-order valence-electron chi connectivity index (χ0n) is 37.1. The number of methoxy groups -OCH3 is 1. The fourth-order valence-electron chi connectivity index (χ4n) is 10.8. The summed E-state index contributed by atoms with van der Waals surface area (Å²) in [5.74, 6) is -0.959. The number of aromatic nitrogens is 1. The van der Waals surface area contributed by atoms with Gasteiger partial charge in [0.25, 0.3) is 0 Å². The summed E-state index contributed by atoms with van der Waals surface area (Å²) in [6, 6.07) is 28.3. The van der Waals surface area contributed by atoms with Gasteiger partial charge in [0, 0.05) is 36.8 Å². The minimum absolute atomic E-state index is 0.00591. The predicted octanol–water partition coefficient (Wildman–Crippen LogP) is 8.77. The second kappa shape index (κ2) is 19.5. The average molecular weight is 867 g/mol. The van der Waals surface area contributed by atoms with Crippen molar-refractivity contribution in [3.63, 3.8) is 0 Å². The highest BCUT2D eigenvalue weighted by Gasteiger charge is 2.54. The molecular formula is C54H62N2O8. The molecule has 2 saturated carbocycles. The topological polar surface area (TPSA) is 164 Å². The molecule has 2 aliphatic carbocycles. The molecular weight excluding hydrogens is 805 g/mol. The number of benzene rings is 5. The number of phenolic OH excluding ortho intramolecular Hbond substituents is 3. The molecule has 0 aliphatic heterocycles. The number of Topliss-reactive ketones (excluding diaryl/α,β-unsaturated/α-hetero) is 1. The van der Waals surface area contributed by atoms with E-state index in [0.29, 0.717) is 48.4 Å². The molecule has 5 atom stereocenters. The highest BCUT2D eigenvalue weighted by Crippen LogP contribution is 2.47. The summed E-state index contributed by atoms with van der Waals surface area (Å²) in [6.07, 6.45) is 7.98. The molecule has 10 nitrogen and oxygen atoms in total. The van der Waals surface area contributed by atoms with Crippen LogP contribution in [0.1, 0.15) is 90.0 Å². The van der Waals surface area contributed by atoms with E-state index in [-0.39, 0.29) is 48.4 Å². The molecule has 5 aromatic carbocycles. The van der Waals surface area contributed by atoms with Gasteiger partial charge in [0.15, 0.2) is 28.8 Å². The van der Waals surface area contributed by atoms with Crippen molar-refractivity contribution in [2.45, 2.75) is 108 Å². The van der Waals surface area contributed by atoms with Crippen LogP contribution in [0.5, 0.6) is 28.7 Å². The van der Waals surface area contributed by atoms with Gasteiger partial charge in [0.1, 0.15) is 5.75 Å². The van der Waals surface area contributed by atoms with Crippen molar-refractivity contribution >= 4 is 16.6 Å². The van der Waals surface area contributed by atoms with E-state index in [9.17, 15) is 25.5 Å². The molecule has 2 fully saturated rings. The lowest BCUT2D eigenvalue weighted by molar-refractivity contribution is -0.144. The van der Waals surface area contributed by atoms with Gasteiger partial charge in [0.05, 0.1) is 30.8 Å². The average Bonchev–Trinajstić information content (AvgIpc) is 4.02. The monoisotopic (exact) mass is 866 g/mol. The number of fused-ring (bicyclic) bond motifs is 1. The van der Waals surface area contributed by atoms with E-state index in [1.807, 2.05) is 42.7 Å². The maximum Gasteiger partial charge on any atom is 0.164 e. The van der Waals surface area contributed by atoms with Crippen LogP contribution >= 0.6 is 0 Å². The van der Waals surface area contributed by atoms with Crippen LogP contribution in [0.15, 0.2) is 103 Å². The number of hydrogen-bond acceptors (Lipinski definition) is 9. The van der Waals surface area contributed by atoms with Gasteiger partial charge in [-0.3, -0.25) is 4.79 Å². The quantitative estimate of drug-likeness (QED) is 0.0475. The van der Waals surface area contributed by atoms with E-state index >= 15 is 4.79 Å². The SMILES string of the molecule is CCc1ccc2ccccc2c1Cc1c(CC(Cc2cc[nH]c2)C(O)C2CCC(O)C(Cc3ccc(O)c(OC4CCCC4)c3)(c3cc(O)cc(CNC)c3)C2=O)ccc(O)c1OC. The van der Waals surface area contributed by atoms with Crippen LogP contribution in [0.4, 0.5) is 0 Å². The van der Waals surface area contributed by atoms with Crippen LogP contribution < -0.4 is 14.8 Å². The van der Waals surface area contributed by atoms with Crippen molar-refractivity contribution < 1.29 is 39.8 Å². The number of ketones is 1. The largest absolute Gasteiger partial charge is 0.508 e. The zero-order valence-corrected chi connectivity index (χ0v) is 37.1. The van der Waals surface area contributed by atoms with Crippen LogP contribution in [0, 0.1) is 11.8 Å². The molecule has 0 saturated heterocycles. The summed E-state index contributed by atoms with van der Waals surface area (Å²) in [5, 5.41) is 63.9. The van der Waals surface area contributed by atoms with Crippen molar-refractivity contribution in [3.8, 4) is 28.7 Å². The minimum atomic E-state index is -1.57. The molecule has 0 spiro atoms. The van der Waals surface area contributed by atoms with Gasteiger partial charge in [-0.2, -0.15) is 0 Å². The maximum atomic E-state index is 15.8. The first-order valence-electron chi connectivity index (χ1n) is 22.9. The molecule has 8 rings (SSSR count). The lowest BCUT2D eigenvalue weighted by atomic mass is 9.58. The molecule has 64 heavy (non-hydrogen) atoms. The minimum Gasteiger partial charge on any atom is -0.508 e. The maximum absolute atomic E-state index is 15.8. The summed E-state index contributed by atoms with van der Waals surface area (Å²) in [6.45, 7) is 2.56. The van der Waals surface area contributed by atoms with E-state index in [4.69, 9.17) is 9.47 Å². The van der Waals surface area contributed by atoms with Crippen LogP contribution in [0.2, 0.25) is 0 Å². The number of ether oxygens (including phenoxy) is 2. The second-order valence-corrected chi connectivity index (χ2v) is 18.0. The third-order valence-electron chi connectivity index (χ3n) is 14.0. The van der Waals surface area contributed by atoms with E-state index in [1.54, 1.807) is 50.6 Å². The van der Waals surface area contributed by atoms with Crippen molar-refractivity contribution in [1.82, 2.24) is 10.3 Å². The number of H-pyrrole nitrogens is 1. The van der Waals surface area contributed by atoms with Gasteiger partial charge in [-0.05, 0) is 163 Å². The van der Waals surface area contributed by atoms with Crippen molar-refractivity contribution in [1.29, 1.82) is 0 Å². The number of nitrogens with one attached hydrogen (secondary N) is 2. The van der Waals surface area contributed by atoms with Crippen LogP contribution in [0.25, 0.3) is 10.8 Å². The normalized spacial score (nSPS) is 20.1. The Balaban J connectivity index is 1.20. The Morgan fingerprint density at radius 2 is 1.61 bits per heavy atom. The number of carbonyl (C=O) groups is 1. The molecule has 336 valence electrons. The van der Waals surface area contributed by atoms with Gasteiger partial charge in [-0.25, -0.2) is 0 Å². The van der Waals surface area contributed by atoms with Gasteiger partial charge in [-0.15, -0.1) is 0 Å². The summed E-state index contributed by atoms with van der Waals surface area (Å²) in [4.78, 5) is 18.9. The fraction of sp³-hybridized carbons (Fsp3) is 0.389. The number of aromatic amines is 1. The standard InChI is InChI=1S/C54H62N2O8/c1-4-36-14-15-37-9-5-8-12-43(37)45(36)29-46-38(16-19-48(59)52(46)63-3)27-39(23-34-21-22-56-32-34)51(61)44-17-20-50(60)54(53(44)62,40-24-35(31-55-2)25-41(57)28-40)30-33-13-18-47(58)49(26-33)64-42-10-6-7-11-42/h5,8-9,12-16,18-19,21-22,24-26,28,32,39,42,44,50-51,55-61H,4,6-7,10-11,17,20,23,27,29-31H2,1-3H3. The number of aliphatic hydroxyl groups excluding tert-OH is 2. The highest BCUT2D eigenvalue weighted by molar-refractivity contribution is 5.95. The third-order valence-corrected chi connectivity index (χ3v) is 14.0. The molecule has 2 aliphatic rings. The molecule has 0 radical (unpaired) electrons. The Morgan fingerprint density at radius 3 is 2.36 bits per heavy atom. The van der Waals surface area contributed by atoms with Crippen molar-refractivity contribution in [2.24, 2.45) is 11.8 Å². The van der Waals surface area contributed by atoms with Gasteiger partial charge >= 0.3 is 0 Å². The van der Waals surface area contributed by atoms with Gasteiger partial charge < -0.3 is 45.3 Å². The molecule has 1 heterocycles. The van der Waals surface area contributed by atoms with Crippen LogP contribution in [-0.4, -0.2) is 68.8 Å². The van der Waals surface area contributed by atoms with Crippen molar-refractivity contribution in [2.75, 3.05) is 14.2 Å². The number of carbonyl (C=O) groups excluding carboxylic acids is 1. The Bertz CT molecular complexity index is 2570. The Hall–Kier alpha value is -5.81. The highest BCUT2D eigenvalue weighted by atomic mass is 16.5. The lowest BCUT2D eigenvalue weighted by Crippen LogP contribution is -2.57. The van der Waals surface area contributed by atoms with E-state index < -0.39 is 29.5 Å². The van der Waals surface area contributed by atoms with Crippen LogP contribution in [0.3, 0.4) is 0 Å². The number of hydrogen-bond donors (Lipinski definition) is 7. The van der Waals surface area contributed by atoms with Gasteiger partial charge in [0.2, 0.25) is 0 Å². The number of aryl methyl sites for hydroxylation is 1. The molecule has 0 amide bonds. The first kappa shape index (κ1) is 44.8. The molecule has 7 N–H and O–H groups in total. The number of aromatic hydroxyl groups is 3. The third kappa shape index (κ3) is 9.09. The first-order chi connectivity index (χ1) is 31.0. The summed E-state index contributed by atoms with van der Waals surface area (Å²) in [7, 11) is 3.37. The molecule has 0 bridgehead atoms. The second-order valence-electron chi connectivity index (χ2n) is 18.0. The van der Waals surface area contributed by atoms with E-state index in [0.717, 1.165) is 70.7 Å². The van der Waals surface area contributed by atoms with Crippen LogP contribution in [-0.2, 0) is 48.9 Å². The Kier molecular flexibility index (Phi) is 13.7. The lowest BCUT2D eigenvalue weighted by Gasteiger charge is -2.46. The fourth-order valence-corrected chi connectivity index (χ4v) is 10.8. The first-order valence-corrected chi connectivity index (χ1v) is 22.9. The Labute approximate surface area is 375 Å². The summed E-state index contributed by atoms with van der Waals surface area (Å²) < 4.78 is 12.2. The number of aliphatic hydroxyl groups is 2. The predicted molar refractivity (Wildman–Crippen MR) is 249 cm³/mol. The summed E-state index contributed by atoms with van der Waals surface area (Å²) in [5.41, 5.74) is 5.33. The molecule has 10 heteroatoms. The molecule has 1 aromatic heterocycles. The molecule has 5 unspecified atom stereocenters. The summed E-state index contributed by atoms with van der Waals surface area (Å²) >= 11 is 0. The van der Waals surface area contributed by atoms with Crippen molar-refractivity contribution in [3.05, 3.63) is 148 Å². The van der Waals surface area contributed by atoms with Gasteiger partial charge in [-0.1, -0.05) is 61.5 Å². The number of rotatable bonds is 17. The Morgan fingerprint density at radius 1 is 0.828 bits per heavy atom. The smallest absolute Gasteiger partial charge is 0.164 e. The van der Waals surface area contributed by atoms with E-state index in [1.165, 1.54) is 5.56 Å². The van der Waals surface area contributed by atoms with E-state index in [2.05, 4.69) is 41.5 Å². The number of phenols is 3. The molecule has 6 aromatic rings.